The van der Waals surface area contributed by atoms with Crippen LogP contribution in [0, 0.1) is 0 Å². The van der Waals surface area contributed by atoms with Crippen LogP contribution in [0.5, 0.6) is 0 Å². The van der Waals surface area contributed by atoms with Crippen molar-refractivity contribution in [2.75, 3.05) is 0 Å². The van der Waals surface area contributed by atoms with Crippen LogP contribution in [0.3, 0.4) is 0 Å². The van der Waals surface area contributed by atoms with Crippen LogP contribution < -0.4 is 18.9 Å². The van der Waals surface area contributed by atoms with Gasteiger partial charge in [-0.15, -0.1) is 0 Å². The molecule has 4 N–H and O–H groups in total. The minimum absolute atomic E-state index is 0. The first-order chi connectivity index (χ1) is 2.00. The van der Waals surface area contributed by atoms with Crippen LogP contribution in [0.2, 0.25) is 0 Å². The first-order valence-corrected chi connectivity index (χ1v) is 2.68. The Kier molecular flexibility index (Phi) is 24.5. The van der Waals surface area contributed by atoms with Crippen molar-refractivity contribution in [2.45, 2.75) is 0 Å². The second kappa shape index (κ2) is 8.68. The van der Waals surface area contributed by atoms with E-state index in [1.165, 1.54) is 0 Å². The largest absolute Gasteiger partial charge is 1.00 e. The van der Waals surface area contributed by atoms with Gasteiger partial charge in [-0.25, -0.2) is 0 Å². The van der Waals surface area contributed by atoms with Crippen LogP contribution in [-0.2, 0) is 33.8 Å². The molecule has 2 radical (unpaired) electrons. The monoisotopic (exact) mass is 218 g/mol. The van der Waals surface area contributed by atoms with Crippen molar-refractivity contribution in [3.63, 3.8) is 0 Å². The van der Waals surface area contributed by atoms with E-state index < -0.39 is 9.05 Å². The van der Waals surface area contributed by atoms with E-state index in [4.69, 9.17) is 19.2 Å². The van der Waals surface area contributed by atoms with Crippen molar-refractivity contribution in [3.05, 3.63) is 0 Å². The van der Waals surface area contributed by atoms with Gasteiger partial charge in [-0.05, 0) is 0 Å². The maximum atomic E-state index is 7.33. The predicted molar refractivity (Wildman–Crippen MR) is 15.7 cm³/mol. The first-order valence-electron chi connectivity index (χ1n) is 0.894. The maximum Gasteiger partial charge on any atom is 1.00 e. The minimum Gasteiger partial charge on any atom is -1.00 e. The molecule has 0 aromatic carbocycles. The Bertz CT molecular complexity index is 36.0. The molecule has 0 heterocycles. The van der Waals surface area contributed by atoms with Gasteiger partial charge in [0.1, 0.15) is 0 Å². The van der Waals surface area contributed by atoms with E-state index in [0.717, 1.165) is 0 Å². The van der Waals surface area contributed by atoms with Gasteiger partial charge in [0.15, 0.2) is 0 Å². The summed E-state index contributed by atoms with van der Waals surface area (Å²) in [6.07, 6.45) is 0. The van der Waals surface area contributed by atoms with Gasteiger partial charge in [-0.2, -0.15) is 0 Å². The van der Waals surface area contributed by atoms with Crippen molar-refractivity contribution in [1.29, 1.82) is 0 Å². The SMILES string of the molecule is O[Si](O)(O)O.[Co].[H-].[Li+].[Mn]. The molecule has 0 aliphatic carbocycles. The zero-order chi connectivity index (χ0) is 4.50. The number of rotatable bonds is 0. The Morgan fingerprint density at radius 2 is 1.00 bits per heavy atom. The van der Waals surface area contributed by atoms with Crippen LogP contribution in [0.4, 0.5) is 0 Å². The molecular weight excluding hydrogens is 213 g/mol. The fraction of sp³-hybridized carbons (Fsp3) is 0. The first kappa shape index (κ1) is 22.6. The summed E-state index contributed by atoms with van der Waals surface area (Å²) < 4.78 is 0. The van der Waals surface area contributed by atoms with Crippen molar-refractivity contribution in [1.82, 2.24) is 0 Å². The molecule has 8 heteroatoms. The Morgan fingerprint density at radius 3 is 1.00 bits per heavy atom. The molecule has 0 saturated carbocycles. The Hall–Kier alpha value is 1.68. The summed E-state index contributed by atoms with van der Waals surface area (Å²) in [5, 5.41) is 0. The molecule has 0 saturated heterocycles. The third-order valence-electron chi connectivity index (χ3n) is 0. The molecule has 0 fully saturated rings. The van der Waals surface area contributed by atoms with E-state index in [9.17, 15) is 0 Å². The fourth-order valence-electron chi connectivity index (χ4n) is 0. The Labute approximate surface area is 82.1 Å². The van der Waals surface area contributed by atoms with Crippen molar-refractivity contribution < 1.29 is 73.3 Å². The van der Waals surface area contributed by atoms with E-state index in [2.05, 4.69) is 0 Å². The standard InChI is InChI=1S/Co.Li.Mn.H4O4Si.H/c;;;1-5(2,3)4;/h;;;1-4H;/q;+1;;;-1. The molecule has 0 aliphatic rings. The zero-order valence-corrected chi connectivity index (χ0v) is 7.22. The van der Waals surface area contributed by atoms with Gasteiger partial charge in [-0.1, -0.05) is 0 Å². The summed E-state index contributed by atoms with van der Waals surface area (Å²) in [7, 11) is -4.61. The third kappa shape index (κ3) is 121. The second-order valence-corrected chi connectivity index (χ2v) is 1.80. The molecule has 0 atom stereocenters. The van der Waals surface area contributed by atoms with E-state index in [1.807, 2.05) is 0 Å². The zero-order valence-electron chi connectivity index (χ0n) is 5.00. The Balaban J connectivity index is -0.0000000133. The maximum absolute atomic E-state index is 7.33. The molecule has 50 valence electrons. The van der Waals surface area contributed by atoms with E-state index in [1.54, 1.807) is 0 Å². The molecular formula is H5CoLiMnO4Si. The molecule has 0 unspecified atom stereocenters. The van der Waals surface area contributed by atoms with E-state index >= 15 is 0 Å². The normalized spacial score (nSPS) is 7.50. The summed E-state index contributed by atoms with van der Waals surface area (Å²) in [6.45, 7) is 0. The Morgan fingerprint density at radius 1 is 1.00 bits per heavy atom. The number of hydrogen-bond acceptors (Lipinski definition) is 4. The molecule has 0 rings (SSSR count). The van der Waals surface area contributed by atoms with Crippen LogP contribution in [0.25, 0.3) is 0 Å². The average Bonchev–Trinajstić information content (AvgIpc) is 0.722. The summed E-state index contributed by atoms with van der Waals surface area (Å²) >= 11 is 0. The van der Waals surface area contributed by atoms with Crippen LogP contribution in [-0.4, -0.2) is 28.2 Å². The quantitative estimate of drug-likeness (QED) is 0.306. The molecule has 0 aromatic heterocycles. The molecule has 0 spiro atoms. The fourth-order valence-corrected chi connectivity index (χ4v) is 0. The smallest absolute Gasteiger partial charge is 1.00 e. The predicted octanol–water partition coefficient (Wildman–Crippen LogP) is -5.50. The van der Waals surface area contributed by atoms with E-state index in [0.29, 0.717) is 0 Å². The van der Waals surface area contributed by atoms with Crippen molar-refractivity contribution in [2.24, 2.45) is 0 Å². The van der Waals surface area contributed by atoms with Gasteiger partial charge in [-0.3, -0.25) is 0 Å². The molecule has 0 bridgehead atoms. The second-order valence-electron chi connectivity index (χ2n) is 0.600. The molecule has 8 heavy (non-hydrogen) atoms. The van der Waals surface area contributed by atoms with E-state index in [-0.39, 0.29) is 54.1 Å². The van der Waals surface area contributed by atoms with Gasteiger partial charge in [0.05, 0.1) is 0 Å². The van der Waals surface area contributed by atoms with Gasteiger partial charge < -0.3 is 20.6 Å². The molecule has 4 nitrogen and oxygen atoms in total. The third-order valence-corrected chi connectivity index (χ3v) is 0. The topological polar surface area (TPSA) is 80.9 Å². The minimum atomic E-state index is -4.61. The van der Waals surface area contributed by atoms with Crippen LogP contribution in [0.15, 0.2) is 0 Å². The number of hydrogen-bond donors (Lipinski definition) is 4. The van der Waals surface area contributed by atoms with Gasteiger partial charge in [0.2, 0.25) is 0 Å². The molecule has 0 amide bonds. The van der Waals surface area contributed by atoms with Crippen LogP contribution >= 0.6 is 0 Å². The van der Waals surface area contributed by atoms with Crippen LogP contribution in [0.1, 0.15) is 1.43 Å². The van der Waals surface area contributed by atoms with Crippen molar-refractivity contribution >= 4 is 9.05 Å². The molecule has 0 aliphatic heterocycles. The molecule has 0 aromatic rings. The summed E-state index contributed by atoms with van der Waals surface area (Å²) in [5.74, 6) is 0. The van der Waals surface area contributed by atoms with Crippen molar-refractivity contribution in [3.8, 4) is 0 Å². The van der Waals surface area contributed by atoms with Gasteiger partial charge in [0.25, 0.3) is 0 Å². The summed E-state index contributed by atoms with van der Waals surface area (Å²) in [6, 6.07) is 0. The summed E-state index contributed by atoms with van der Waals surface area (Å²) in [5.41, 5.74) is 0. The summed E-state index contributed by atoms with van der Waals surface area (Å²) in [4.78, 5) is 29.3. The average molecular weight is 218 g/mol. The van der Waals surface area contributed by atoms with Gasteiger partial charge >= 0.3 is 27.9 Å². The van der Waals surface area contributed by atoms with Gasteiger partial charge in [0, 0.05) is 33.8 Å².